The van der Waals surface area contributed by atoms with Gasteiger partial charge in [0.15, 0.2) is 5.75 Å². The Morgan fingerprint density at radius 3 is 2.63 bits per heavy atom. The lowest BCUT2D eigenvalue weighted by Gasteiger charge is -2.12. The molecule has 1 atom stereocenters. The van der Waals surface area contributed by atoms with Crippen LogP contribution in [0.5, 0.6) is 5.75 Å². The van der Waals surface area contributed by atoms with Gasteiger partial charge < -0.3 is 4.74 Å². The molecule has 106 valence electrons. The third-order valence-corrected chi connectivity index (χ3v) is 3.39. The van der Waals surface area contributed by atoms with E-state index in [4.69, 9.17) is 9.88 Å². The molecular formula is C11H16N2O5S. The van der Waals surface area contributed by atoms with E-state index in [1.165, 1.54) is 6.07 Å². The second-order valence-electron chi connectivity index (χ2n) is 4.47. The van der Waals surface area contributed by atoms with E-state index in [1.807, 2.05) is 0 Å². The Labute approximate surface area is 111 Å². The van der Waals surface area contributed by atoms with Gasteiger partial charge in [-0.15, -0.1) is 0 Å². The van der Waals surface area contributed by atoms with E-state index < -0.39 is 14.9 Å². The van der Waals surface area contributed by atoms with Crippen LogP contribution in [0.2, 0.25) is 0 Å². The second kappa shape index (κ2) is 5.98. The molecule has 0 bridgehead atoms. The smallest absolute Gasteiger partial charge is 0.310 e. The van der Waals surface area contributed by atoms with E-state index in [2.05, 4.69) is 0 Å². The zero-order valence-corrected chi connectivity index (χ0v) is 11.5. The molecular weight excluding hydrogens is 272 g/mol. The van der Waals surface area contributed by atoms with Crippen molar-refractivity contribution in [2.45, 2.75) is 13.8 Å². The number of nitro benzene ring substituents is 1. The van der Waals surface area contributed by atoms with Crippen LogP contribution >= 0.6 is 0 Å². The summed E-state index contributed by atoms with van der Waals surface area (Å²) in [6.07, 6.45) is 0. The Bertz CT molecular complexity index is 570. The normalized spacial score (nSPS) is 13.0. The van der Waals surface area contributed by atoms with Gasteiger partial charge in [0, 0.05) is 12.0 Å². The van der Waals surface area contributed by atoms with E-state index in [9.17, 15) is 18.5 Å². The molecule has 1 rings (SSSR count). The minimum atomic E-state index is -3.58. The maximum atomic E-state index is 10.9. The third kappa shape index (κ3) is 5.23. The molecule has 1 unspecified atom stereocenters. The molecule has 0 aliphatic rings. The maximum Gasteiger partial charge on any atom is 0.310 e. The van der Waals surface area contributed by atoms with Gasteiger partial charge in [-0.05, 0) is 18.6 Å². The molecule has 0 heterocycles. The highest BCUT2D eigenvalue weighted by Crippen LogP contribution is 2.28. The molecule has 0 aromatic heterocycles. The minimum Gasteiger partial charge on any atom is -0.486 e. The molecule has 0 fully saturated rings. The molecule has 0 amide bonds. The maximum absolute atomic E-state index is 10.9. The van der Waals surface area contributed by atoms with Crippen LogP contribution in [0, 0.1) is 23.0 Å². The van der Waals surface area contributed by atoms with E-state index >= 15 is 0 Å². The lowest BCUT2D eigenvalue weighted by molar-refractivity contribution is -0.385. The predicted molar refractivity (Wildman–Crippen MR) is 70.5 cm³/mol. The van der Waals surface area contributed by atoms with Crippen molar-refractivity contribution in [3.63, 3.8) is 0 Å². The quantitative estimate of drug-likeness (QED) is 0.624. The van der Waals surface area contributed by atoms with Crippen molar-refractivity contribution in [3.8, 4) is 5.75 Å². The van der Waals surface area contributed by atoms with Crippen molar-refractivity contribution in [2.75, 3.05) is 12.4 Å². The molecule has 19 heavy (non-hydrogen) atoms. The van der Waals surface area contributed by atoms with E-state index in [0.29, 0.717) is 0 Å². The average molecular weight is 288 g/mol. The highest BCUT2D eigenvalue weighted by molar-refractivity contribution is 7.89. The standard InChI is InChI=1S/C11H16N2O5S/c1-8-3-4-10(13(14)15)11(5-8)18-6-9(2)7-19(12,16)17/h3-5,9H,6-7H2,1-2H3,(H2,12,16,17). The molecule has 7 nitrogen and oxygen atoms in total. The first-order valence-electron chi connectivity index (χ1n) is 5.57. The number of hydrogen-bond acceptors (Lipinski definition) is 5. The third-order valence-electron chi connectivity index (χ3n) is 2.35. The van der Waals surface area contributed by atoms with Crippen LogP contribution in [0.4, 0.5) is 5.69 Å². The zero-order chi connectivity index (χ0) is 14.6. The predicted octanol–water partition coefficient (Wildman–Crippen LogP) is 1.21. The van der Waals surface area contributed by atoms with Crippen molar-refractivity contribution in [1.29, 1.82) is 0 Å². The first-order valence-corrected chi connectivity index (χ1v) is 7.29. The number of rotatable bonds is 6. The van der Waals surface area contributed by atoms with Gasteiger partial charge in [0.05, 0.1) is 17.3 Å². The number of sulfonamides is 1. The monoisotopic (exact) mass is 288 g/mol. The van der Waals surface area contributed by atoms with Gasteiger partial charge in [-0.25, -0.2) is 13.6 Å². The molecule has 0 radical (unpaired) electrons. The Balaban J connectivity index is 2.77. The molecule has 8 heteroatoms. The van der Waals surface area contributed by atoms with E-state index in [-0.39, 0.29) is 29.7 Å². The Hall–Kier alpha value is -1.67. The van der Waals surface area contributed by atoms with Gasteiger partial charge in [-0.2, -0.15) is 0 Å². The highest BCUT2D eigenvalue weighted by Gasteiger charge is 2.17. The number of aryl methyl sites for hydroxylation is 1. The molecule has 0 spiro atoms. The van der Waals surface area contributed by atoms with Crippen molar-refractivity contribution >= 4 is 15.7 Å². The molecule has 0 saturated carbocycles. The first-order chi connectivity index (χ1) is 8.69. The lowest BCUT2D eigenvalue weighted by atomic mass is 10.2. The van der Waals surface area contributed by atoms with Crippen molar-refractivity contribution in [1.82, 2.24) is 0 Å². The average Bonchev–Trinajstić information content (AvgIpc) is 2.23. The SMILES string of the molecule is Cc1ccc([N+](=O)[O-])c(OCC(C)CS(N)(=O)=O)c1. The van der Waals surface area contributed by atoms with Gasteiger partial charge in [0.25, 0.3) is 0 Å². The van der Waals surface area contributed by atoms with Crippen LogP contribution in [0.1, 0.15) is 12.5 Å². The van der Waals surface area contributed by atoms with Crippen molar-refractivity contribution in [3.05, 3.63) is 33.9 Å². The summed E-state index contributed by atoms with van der Waals surface area (Å²) in [5, 5.41) is 15.7. The van der Waals surface area contributed by atoms with Crippen LogP contribution in [0.25, 0.3) is 0 Å². The topological polar surface area (TPSA) is 113 Å². The summed E-state index contributed by atoms with van der Waals surface area (Å²) in [7, 11) is -3.58. The molecule has 0 aliphatic carbocycles. The first kappa shape index (κ1) is 15.4. The molecule has 1 aromatic carbocycles. The van der Waals surface area contributed by atoms with Crippen LogP contribution in [0.3, 0.4) is 0 Å². The number of primary sulfonamides is 1. The van der Waals surface area contributed by atoms with Crippen molar-refractivity contribution in [2.24, 2.45) is 11.1 Å². The summed E-state index contributed by atoms with van der Waals surface area (Å²) in [5.74, 6) is -0.450. The Morgan fingerprint density at radius 1 is 1.47 bits per heavy atom. The second-order valence-corrected chi connectivity index (χ2v) is 6.13. The summed E-state index contributed by atoms with van der Waals surface area (Å²) in [6, 6.07) is 4.51. The fraction of sp³-hybridized carbons (Fsp3) is 0.455. The number of nitrogens with two attached hydrogens (primary N) is 1. The minimum absolute atomic E-state index is 0.0424. The summed E-state index contributed by atoms with van der Waals surface area (Å²) >= 11 is 0. The number of benzene rings is 1. The van der Waals surface area contributed by atoms with Crippen LogP contribution < -0.4 is 9.88 Å². The summed E-state index contributed by atoms with van der Waals surface area (Å²) in [6.45, 7) is 3.47. The zero-order valence-electron chi connectivity index (χ0n) is 10.7. The lowest BCUT2D eigenvalue weighted by Crippen LogP contribution is -2.25. The van der Waals surface area contributed by atoms with Gasteiger partial charge in [-0.1, -0.05) is 13.0 Å². The summed E-state index contributed by atoms with van der Waals surface area (Å²) in [5.41, 5.74) is 0.674. The largest absolute Gasteiger partial charge is 0.486 e. The number of nitro groups is 1. The van der Waals surface area contributed by atoms with Crippen molar-refractivity contribution < 1.29 is 18.1 Å². The van der Waals surface area contributed by atoms with Gasteiger partial charge in [0.1, 0.15) is 0 Å². The number of ether oxygens (including phenoxy) is 1. The van der Waals surface area contributed by atoms with Crippen LogP contribution in [0.15, 0.2) is 18.2 Å². The molecule has 0 aliphatic heterocycles. The fourth-order valence-corrected chi connectivity index (χ4v) is 2.45. The molecule has 0 saturated heterocycles. The van der Waals surface area contributed by atoms with Crippen LogP contribution in [-0.4, -0.2) is 25.7 Å². The highest BCUT2D eigenvalue weighted by atomic mass is 32.2. The number of nitrogens with zero attached hydrogens (tertiary/aromatic N) is 1. The van der Waals surface area contributed by atoms with E-state index in [0.717, 1.165) is 5.56 Å². The van der Waals surface area contributed by atoms with Crippen LogP contribution in [-0.2, 0) is 10.0 Å². The van der Waals surface area contributed by atoms with E-state index in [1.54, 1.807) is 26.0 Å². The fourth-order valence-electron chi connectivity index (χ4n) is 1.56. The Kier molecular flexibility index (Phi) is 4.84. The van der Waals surface area contributed by atoms with Gasteiger partial charge in [0.2, 0.25) is 10.0 Å². The molecule has 1 aromatic rings. The van der Waals surface area contributed by atoms with Gasteiger partial charge in [-0.3, -0.25) is 10.1 Å². The van der Waals surface area contributed by atoms with Gasteiger partial charge >= 0.3 is 5.69 Å². The summed E-state index contributed by atoms with van der Waals surface area (Å²) < 4.78 is 27.1. The number of hydrogen-bond donors (Lipinski definition) is 1. The summed E-state index contributed by atoms with van der Waals surface area (Å²) in [4.78, 5) is 10.3. The Morgan fingerprint density at radius 2 is 2.11 bits per heavy atom. The molecule has 2 N–H and O–H groups in total.